The first kappa shape index (κ1) is 11.9. The van der Waals surface area contributed by atoms with Gasteiger partial charge in [-0.1, -0.05) is 12.1 Å². The summed E-state index contributed by atoms with van der Waals surface area (Å²) in [5, 5.41) is 9.45. The second-order valence-electron chi connectivity index (χ2n) is 3.91. The van der Waals surface area contributed by atoms with Gasteiger partial charge >= 0.3 is 0 Å². The summed E-state index contributed by atoms with van der Waals surface area (Å²) in [6.45, 7) is 2.62. The van der Waals surface area contributed by atoms with E-state index in [1.165, 1.54) is 17.8 Å². The highest BCUT2D eigenvalue weighted by Gasteiger charge is 2.26. The molecular weight excluding hydrogens is 227 g/mol. The van der Waals surface area contributed by atoms with Crippen LogP contribution < -0.4 is 0 Å². The molecule has 2 atom stereocenters. The summed E-state index contributed by atoms with van der Waals surface area (Å²) in [6.07, 6.45) is 1.08. The van der Waals surface area contributed by atoms with Crippen molar-refractivity contribution in [3.05, 3.63) is 29.6 Å². The Labute approximate surface area is 98.8 Å². The lowest BCUT2D eigenvalue weighted by atomic mass is 10.2. The molecule has 88 valence electrons. The van der Waals surface area contributed by atoms with Gasteiger partial charge in [-0.2, -0.15) is 0 Å². The van der Waals surface area contributed by atoms with Crippen molar-refractivity contribution in [2.45, 2.75) is 36.2 Å². The molecule has 0 radical (unpaired) electrons. The van der Waals surface area contributed by atoms with Crippen molar-refractivity contribution < 1.29 is 14.2 Å². The Morgan fingerprint density at radius 2 is 2.38 bits per heavy atom. The van der Waals surface area contributed by atoms with Crippen LogP contribution in [0.4, 0.5) is 4.39 Å². The van der Waals surface area contributed by atoms with E-state index in [-0.39, 0.29) is 23.8 Å². The fraction of sp³-hybridized carbons (Fsp3) is 0.500. The number of halogens is 1. The van der Waals surface area contributed by atoms with Gasteiger partial charge < -0.3 is 9.84 Å². The van der Waals surface area contributed by atoms with Crippen LogP contribution in [-0.4, -0.2) is 23.1 Å². The van der Waals surface area contributed by atoms with E-state index in [1.54, 1.807) is 12.1 Å². The van der Waals surface area contributed by atoms with E-state index in [1.807, 2.05) is 6.92 Å². The van der Waals surface area contributed by atoms with Crippen molar-refractivity contribution in [1.82, 2.24) is 0 Å². The first-order valence-corrected chi connectivity index (χ1v) is 6.27. The Balaban J connectivity index is 2.19. The van der Waals surface area contributed by atoms with Crippen molar-refractivity contribution in [2.24, 2.45) is 0 Å². The van der Waals surface area contributed by atoms with E-state index in [9.17, 15) is 9.50 Å². The predicted octanol–water partition coefficient (Wildman–Crippen LogP) is 2.59. The SMILES string of the molecule is CC1OCCC1Sc1c(F)cccc1CO. The summed E-state index contributed by atoms with van der Waals surface area (Å²) >= 11 is 1.48. The minimum absolute atomic E-state index is 0.123. The summed E-state index contributed by atoms with van der Waals surface area (Å²) in [4.78, 5) is 0.562. The number of hydrogen-bond donors (Lipinski definition) is 1. The normalized spacial score (nSPS) is 24.9. The maximum Gasteiger partial charge on any atom is 0.137 e. The van der Waals surface area contributed by atoms with Crippen LogP contribution in [0.3, 0.4) is 0 Å². The second-order valence-corrected chi connectivity index (χ2v) is 5.16. The molecule has 1 aliphatic heterocycles. The van der Waals surface area contributed by atoms with Crippen LogP contribution in [0.1, 0.15) is 18.9 Å². The third-order valence-electron chi connectivity index (χ3n) is 2.79. The molecule has 0 aromatic heterocycles. The molecule has 1 fully saturated rings. The summed E-state index contributed by atoms with van der Waals surface area (Å²) in [5.41, 5.74) is 0.657. The zero-order valence-corrected chi connectivity index (χ0v) is 9.97. The largest absolute Gasteiger partial charge is 0.392 e. The maximum absolute atomic E-state index is 13.6. The monoisotopic (exact) mass is 242 g/mol. The first-order chi connectivity index (χ1) is 7.72. The van der Waals surface area contributed by atoms with E-state index in [0.717, 1.165) is 13.0 Å². The molecule has 1 N–H and O–H groups in total. The first-order valence-electron chi connectivity index (χ1n) is 5.39. The molecule has 1 heterocycles. The Morgan fingerprint density at radius 1 is 1.56 bits per heavy atom. The van der Waals surface area contributed by atoms with Gasteiger partial charge in [0.15, 0.2) is 0 Å². The third kappa shape index (κ3) is 2.39. The van der Waals surface area contributed by atoms with Crippen LogP contribution in [0.5, 0.6) is 0 Å². The van der Waals surface area contributed by atoms with Crippen LogP contribution in [-0.2, 0) is 11.3 Å². The van der Waals surface area contributed by atoms with E-state index < -0.39 is 0 Å². The number of rotatable bonds is 3. The zero-order chi connectivity index (χ0) is 11.5. The lowest BCUT2D eigenvalue weighted by Gasteiger charge is -2.16. The van der Waals surface area contributed by atoms with Crippen LogP contribution in [0.25, 0.3) is 0 Å². The third-order valence-corrected chi connectivity index (χ3v) is 4.41. The molecule has 0 bridgehead atoms. The van der Waals surface area contributed by atoms with Crippen LogP contribution in [0.15, 0.2) is 23.1 Å². The van der Waals surface area contributed by atoms with Gasteiger partial charge in [0.05, 0.1) is 12.7 Å². The van der Waals surface area contributed by atoms with E-state index in [0.29, 0.717) is 10.5 Å². The fourth-order valence-corrected chi connectivity index (χ4v) is 3.08. The fourth-order valence-electron chi connectivity index (χ4n) is 1.83. The van der Waals surface area contributed by atoms with Crippen molar-refractivity contribution in [3.8, 4) is 0 Å². The lowest BCUT2D eigenvalue weighted by molar-refractivity contribution is 0.127. The van der Waals surface area contributed by atoms with E-state index in [2.05, 4.69) is 0 Å². The summed E-state index contributed by atoms with van der Waals surface area (Å²) < 4.78 is 19.1. The Bertz CT molecular complexity index is 370. The van der Waals surface area contributed by atoms with Gasteiger partial charge in [-0.25, -0.2) is 4.39 Å². The van der Waals surface area contributed by atoms with Gasteiger partial charge in [0.25, 0.3) is 0 Å². The van der Waals surface area contributed by atoms with Crippen molar-refractivity contribution in [3.63, 3.8) is 0 Å². The van der Waals surface area contributed by atoms with Crippen molar-refractivity contribution in [1.29, 1.82) is 0 Å². The highest BCUT2D eigenvalue weighted by Crippen LogP contribution is 2.35. The number of benzene rings is 1. The highest BCUT2D eigenvalue weighted by molar-refractivity contribution is 8.00. The van der Waals surface area contributed by atoms with Gasteiger partial charge in [-0.3, -0.25) is 0 Å². The number of thioether (sulfide) groups is 1. The number of ether oxygens (including phenoxy) is 1. The Hall–Kier alpha value is -0.580. The molecule has 1 aliphatic rings. The topological polar surface area (TPSA) is 29.5 Å². The molecule has 0 spiro atoms. The molecule has 0 aliphatic carbocycles. The van der Waals surface area contributed by atoms with Crippen molar-refractivity contribution in [2.75, 3.05) is 6.61 Å². The Morgan fingerprint density at radius 3 is 3.00 bits per heavy atom. The molecule has 0 saturated carbocycles. The van der Waals surface area contributed by atoms with Crippen LogP contribution in [0.2, 0.25) is 0 Å². The molecule has 1 aromatic carbocycles. The summed E-state index contributed by atoms with van der Waals surface area (Å²) in [5.74, 6) is -0.254. The minimum atomic E-state index is -0.254. The second kappa shape index (κ2) is 5.17. The van der Waals surface area contributed by atoms with E-state index >= 15 is 0 Å². The molecule has 2 nitrogen and oxygen atoms in total. The highest BCUT2D eigenvalue weighted by atomic mass is 32.2. The molecule has 1 aromatic rings. The Kier molecular flexibility index (Phi) is 3.84. The predicted molar refractivity (Wildman–Crippen MR) is 62.0 cm³/mol. The number of aliphatic hydroxyl groups excluding tert-OH is 1. The van der Waals surface area contributed by atoms with E-state index in [4.69, 9.17) is 4.74 Å². The summed E-state index contributed by atoms with van der Waals surface area (Å²) in [6, 6.07) is 4.81. The maximum atomic E-state index is 13.6. The van der Waals surface area contributed by atoms with Gasteiger partial charge in [0, 0.05) is 16.8 Å². The standard InChI is InChI=1S/C12H15FO2S/c1-8-11(5-6-15-8)16-12-9(7-14)3-2-4-10(12)13/h2-4,8,11,14H,5-7H2,1H3. The molecule has 2 rings (SSSR count). The van der Waals surface area contributed by atoms with Gasteiger partial charge in [0.1, 0.15) is 5.82 Å². The van der Waals surface area contributed by atoms with Crippen LogP contribution in [0, 0.1) is 5.82 Å². The molecule has 16 heavy (non-hydrogen) atoms. The van der Waals surface area contributed by atoms with Gasteiger partial charge in [0.2, 0.25) is 0 Å². The summed E-state index contributed by atoms with van der Waals surface area (Å²) in [7, 11) is 0. The zero-order valence-electron chi connectivity index (χ0n) is 9.15. The number of hydrogen-bond acceptors (Lipinski definition) is 3. The molecule has 4 heteroatoms. The smallest absolute Gasteiger partial charge is 0.137 e. The quantitative estimate of drug-likeness (QED) is 0.883. The average Bonchev–Trinajstić information content (AvgIpc) is 2.67. The lowest BCUT2D eigenvalue weighted by Crippen LogP contribution is -2.13. The van der Waals surface area contributed by atoms with Gasteiger partial charge in [-0.05, 0) is 25.0 Å². The molecule has 0 amide bonds. The molecular formula is C12H15FO2S. The number of aliphatic hydroxyl groups is 1. The average molecular weight is 242 g/mol. The van der Waals surface area contributed by atoms with Crippen molar-refractivity contribution >= 4 is 11.8 Å². The molecule has 2 unspecified atom stereocenters. The molecule has 1 saturated heterocycles. The van der Waals surface area contributed by atoms with Crippen LogP contribution >= 0.6 is 11.8 Å². The minimum Gasteiger partial charge on any atom is -0.392 e. The van der Waals surface area contributed by atoms with Gasteiger partial charge in [-0.15, -0.1) is 11.8 Å².